The summed E-state index contributed by atoms with van der Waals surface area (Å²) in [5, 5.41) is 28.0. The zero-order chi connectivity index (χ0) is 14.4. The quantitative estimate of drug-likeness (QED) is 0.364. The van der Waals surface area contributed by atoms with Crippen LogP contribution in [0.5, 0.6) is 11.5 Å². The zero-order valence-electron chi connectivity index (χ0n) is 10.7. The normalized spacial score (nSPS) is 14.1. The Hall–Kier alpha value is -2.05. The number of benzene rings is 1. The van der Waals surface area contributed by atoms with Gasteiger partial charge in [-0.1, -0.05) is 19.1 Å². The van der Waals surface area contributed by atoms with Gasteiger partial charge in [0.2, 0.25) is 0 Å². The molecule has 0 aromatic heterocycles. The van der Waals surface area contributed by atoms with Gasteiger partial charge in [0.05, 0.1) is 13.2 Å². The maximum absolute atomic E-state index is 10.8. The second-order valence-corrected chi connectivity index (χ2v) is 4.07. The number of amides is 1. The van der Waals surface area contributed by atoms with E-state index in [1.807, 2.05) is 0 Å². The number of methoxy groups -OCH3 is 1. The standard InChI is InChI=1S/C13H17NO5/c1-8(3-6-12(16)14-18)13(17)9-4-5-11(19-2)10(15)7-9/h3-8,13,15,17-18H,1-2H3,(H,14,16)/b6-3+/t8-,13-/m0/s1. The third-order valence-electron chi connectivity index (χ3n) is 2.70. The van der Waals surface area contributed by atoms with Crippen LogP contribution in [0, 0.1) is 5.92 Å². The van der Waals surface area contributed by atoms with E-state index < -0.39 is 12.0 Å². The lowest BCUT2D eigenvalue weighted by atomic mass is 9.96. The van der Waals surface area contributed by atoms with Crippen molar-refractivity contribution in [3.63, 3.8) is 0 Å². The Bertz CT molecular complexity index is 472. The summed E-state index contributed by atoms with van der Waals surface area (Å²) in [4.78, 5) is 10.8. The van der Waals surface area contributed by atoms with E-state index in [1.165, 1.54) is 24.7 Å². The molecule has 1 aromatic carbocycles. The lowest BCUT2D eigenvalue weighted by Crippen LogP contribution is -2.16. The lowest BCUT2D eigenvalue weighted by molar-refractivity contribution is -0.124. The second kappa shape index (κ2) is 6.77. The van der Waals surface area contributed by atoms with Gasteiger partial charge < -0.3 is 14.9 Å². The average molecular weight is 267 g/mol. The number of ether oxygens (including phenoxy) is 1. The largest absolute Gasteiger partial charge is 0.504 e. The summed E-state index contributed by atoms with van der Waals surface area (Å²) in [5.41, 5.74) is 1.96. The van der Waals surface area contributed by atoms with Gasteiger partial charge in [-0.15, -0.1) is 0 Å². The van der Waals surface area contributed by atoms with Crippen LogP contribution in [0.2, 0.25) is 0 Å². The van der Waals surface area contributed by atoms with E-state index in [2.05, 4.69) is 0 Å². The fraction of sp³-hybridized carbons (Fsp3) is 0.308. The molecule has 0 radical (unpaired) electrons. The smallest absolute Gasteiger partial charge is 0.267 e. The van der Waals surface area contributed by atoms with Crippen molar-refractivity contribution in [1.82, 2.24) is 5.48 Å². The summed E-state index contributed by atoms with van der Waals surface area (Å²) in [6.45, 7) is 1.70. The van der Waals surface area contributed by atoms with E-state index in [0.29, 0.717) is 11.3 Å². The molecule has 2 atom stereocenters. The van der Waals surface area contributed by atoms with Gasteiger partial charge >= 0.3 is 0 Å². The Morgan fingerprint density at radius 2 is 2.16 bits per heavy atom. The molecule has 0 bridgehead atoms. The summed E-state index contributed by atoms with van der Waals surface area (Å²) < 4.78 is 4.91. The number of nitrogens with one attached hydrogen (secondary N) is 1. The van der Waals surface area contributed by atoms with Crippen LogP contribution in [0.25, 0.3) is 0 Å². The van der Waals surface area contributed by atoms with E-state index in [0.717, 1.165) is 6.08 Å². The van der Waals surface area contributed by atoms with E-state index in [4.69, 9.17) is 9.94 Å². The van der Waals surface area contributed by atoms with Gasteiger partial charge in [-0.3, -0.25) is 10.0 Å². The molecular weight excluding hydrogens is 250 g/mol. The molecule has 0 aliphatic rings. The molecule has 6 nitrogen and oxygen atoms in total. The van der Waals surface area contributed by atoms with Crippen LogP contribution in [0.1, 0.15) is 18.6 Å². The molecule has 0 heterocycles. The van der Waals surface area contributed by atoms with E-state index in [1.54, 1.807) is 19.1 Å². The maximum Gasteiger partial charge on any atom is 0.267 e. The predicted octanol–water partition coefficient (Wildman–Crippen LogP) is 1.13. The zero-order valence-corrected chi connectivity index (χ0v) is 10.7. The molecule has 6 heteroatoms. The van der Waals surface area contributed by atoms with Crippen molar-refractivity contribution >= 4 is 5.91 Å². The first-order chi connectivity index (χ1) is 8.99. The molecule has 0 fully saturated rings. The molecule has 1 amide bonds. The molecule has 0 saturated carbocycles. The van der Waals surface area contributed by atoms with Crippen LogP contribution in [0.3, 0.4) is 0 Å². The first kappa shape index (κ1) is 15.0. The third-order valence-corrected chi connectivity index (χ3v) is 2.70. The maximum atomic E-state index is 10.8. The monoisotopic (exact) mass is 267 g/mol. The number of aliphatic hydroxyl groups is 1. The van der Waals surface area contributed by atoms with Crippen molar-refractivity contribution in [3.8, 4) is 11.5 Å². The van der Waals surface area contributed by atoms with Crippen LogP contribution in [0.4, 0.5) is 0 Å². The molecular formula is C13H17NO5. The number of aliphatic hydroxyl groups excluding tert-OH is 1. The summed E-state index contributed by atoms with van der Waals surface area (Å²) in [6, 6.07) is 4.57. The van der Waals surface area contributed by atoms with Crippen molar-refractivity contribution in [3.05, 3.63) is 35.9 Å². The minimum atomic E-state index is -0.889. The second-order valence-electron chi connectivity index (χ2n) is 4.07. The molecule has 0 aliphatic carbocycles. The predicted molar refractivity (Wildman–Crippen MR) is 67.9 cm³/mol. The van der Waals surface area contributed by atoms with E-state index >= 15 is 0 Å². The number of hydrogen-bond acceptors (Lipinski definition) is 5. The van der Waals surface area contributed by atoms with Crippen LogP contribution >= 0.6 is 0 Å². The molecule has 0 aliphatic heterocycles. The Morgan fingerprint density at radius 1 is 1.47 bits per heavy atom. The molecule has 0 unspecified atom stereocenters. The lowest BCUT2D eigenvalue weighted by Gasteiger charge is -2.16. The number of hydroxylamine groups is 1. The Balaban J connectivity index is 2.82. The summed E-state index contributed by atoms with van der Waals surface area (Å²) in [5.74, 6) is -0.788. The SMILES string of the molecule is COc1ccc([C@@H](O)[C@@H](C)/C=C/C(=O)NO)cc1O. The van der Waals surface area contributed by atoms with Gasteiger partial charge in [0, 0.05) is 12.0 Å². The first-order valence-electron chi connectivity index (χ1n) is 5.66. The molecule has 1 aromatic rings. The molecule has 1 rings (SSSR count). The van der Waals surface area contributed by atoms with E-state index in [9.17, 15) is 15.0 Å². The summed E-state index contributed by atoms with van der Waals surface area (Å²) >= 11 is 0. The van der Waals surface area contributed by atoms with Gasteiger partial charge in [0.1, 0.15) is 0 Å². The van der Waals surface area contributed by atoms with Crippen molar-refractivity contribution in [1.29, 1.82) is 0 Å². The number of phenols is 1. The summed E-state index contributed by atoms with van der Waals surface area (Å²) in [6.07, 6.45) is 1.69. The van der Waals surface area contributed by atoms with E-state index in [-0.39, 0.29) is 11.7 Å². The number of carbonyl (C=O) groups excluding carboxylic acids is 1. The Kier molecular flexibility index (Phi) is 5.35. The Morgan fingerprint density at radius 3 is 2.68 bits per heavy atom. The number of phenolic OH excluding ortho intramolecular Hbond substituents is 1. The highest BCUT2D eigenvalue weighted by molar-refractivity contribution is 5.86. The van der Waals surface area contributed by atoms with Crippen LogP contribution in [0.15, 0.2) is 30.4 Å². The topological polar surface area (TPSA) is 99.0 Å². The number of rotatable bonds is 5. The van der Waals surface area contributed by atoms with Gasteiger partial charge in [0.25, 0.3) is 5.91 Å². The van der Waals surface area contributed by atoms with Gasteiger partial charge in [-0.25, -0.2) is 5.48 Å². The van der Waals surface area contributed by atoms with Gasteiger partial charge in [-0.05, 0) is 17.7 Å². The molecule has 0 saturated heterocycles. The fourth-order valence-corrected chi connectivity index (χ4v) is 1.58. The number of carbonyl (C=O) groups is 1. The van der Waals surface area contributed by atoms with Crippen molar-refractivity contribution in [2.75, 3.05) is 7.11 Å². The van der Waals surface area contributed by atoms with Gasteiger partial charge in [0.15, 0.2) is 11.5 Å². The average Bonchev–Trinajstić information content (AvgIpc) is 2.43. The third kappa shape index (κ3) is 3.97. The van der Waals surface area contributed by atoms with Crippen molar-refractivity contribution in [2.24, 2.45) is 5.92 Å². The molecule has 104 valence electrons. The van der Waals surface area contributed by atoms with Crippen molar-refractivity contribution < 1.29 is 25.0 Å². The van der Waals surface area contributed by atoms with Crippen LogP contribution in [-0.2, 0) is 4.79 Å². The molecule has 19 heavy (non-hydrogen) atoms. The highest BCUT2D eigenvalue weighted by atomic mass is 16.5. The van der Waals surface area contributed by atoms with Crippen LogP contribution < -0.4 is 10.2 Å². The molecule has 4 N–H and O–H groups in total. The Labute approximate surface area is 110 Å². The molecule has 0 spiro atoms. The minimum absolute atomic E-state index is 0.0664. The number of hydrogen-bond donors (Lipinski definition) is 4. The highest BCUT2D eigenvalue weighted by Gasteiger charge is 2.16. The first-order valence-corrected chi connectivity index (χ1v) is 5.66. The number of aromatic hydroxyl groups is 1. The minimum Gasteiger partial charge on any atom is -0.504 e. The highest BCUT2D eigenvalue weighted by Crippen LogP contribution is 2.31. The summed E-state index contributed by atoms with van der Waals surface area (Å²) in [7, 11) is 1.43. The van der Waals surface area contributed by atoms with Crippen LogP contribution in [-0.4, -0.2) is 28.4 Å². The van der Waals surface area contributed by atoms with Crippen molar-refractivity contribution in [2.45, 2.75) is 13.0 Å². The fourth-order valence-electron chi connectivity index (χ4n) is 1.58. The van der Waals surface area contributed by atoms with Gasteiger partial charge in [-0.2, -0.15) is 0 Å².